The molecule has 0 spiro atoms. The number of carbonyl (C=O) groups excluding carboxylic acids is 1. The number of nitrogens with zero attached hydrogens (tertiary/aromatic N) is 2. The molecule has 0 bridgehead atoms. The zero-order chi connectivity index (χ0) is 26.4. The molecule has 0 heterocycles. The third-order valence-corrected chi connectivity index (χ3v) is 7.32. The number of halogens is 3. The number of nitriles is 2. The van der Waals surface area contributed by atoms with Crippen molar-refractivity contribution in [3.8, 4) is 12.1 Å². The van der Waals surface area contributed by atoms with Gasteiger partial charge in [0.25, 0.3) is 0 Å². The van der Waals surface area contributed by atoms with E-state index in [9.17, 15) is 41.7 Å². The maximum absolute atomic E-state index is 13.6. The highest BCUT2D eigenvalue weighted by atomic mass is 32.2. The van der Waals surface area contributed by atoms with E-state index >= 15 is 0 Å². The first-order chi connectivity index (χ1) is 16.1. The number of alkyl halides is 3. The molecule has 2 aromatic carbocycles. The van der Waals surface area contributed by atoms with E-state index in [4.69, 9.17) is 5.26 Å². The van der Waals surface area contributed by atoms with Gasteiger partial charge in [0, 0.05) is 12.7 Å². The number of allylic oxidation sites excluding steroid dienone is 2. The molecule has 0 radical (unpaired) electrons. The van der Waals surface area contributed by atoms with Gasteiger partial charge in [-0.05, 0) is 36.2 Å². The molecule has 0 saturated heterocycles. The molecular weight excluding hydrogens is 484 g/mol. The molecule has 1 aliphatic rings. The van der Waals surface area contributed by atoms with Crippen molar-refractivity contribution in [1.29, 1.82) is 10.5 Å². The summed E-state index contributed by atoms with van der Waals surface area (Å²) in [4.78, 5) is 13.2. The summed E-state index contributed by atoms with van der Waals surface area (Å²) in [6.45, 7) is 1.26. The summed E-state index contributed by atoms with van der Waals surface area (Å²) in [6.07, 6.45) is -3.49. The Morgan fingerprint density at radius 2 is 1.77 bits per heavy atom. The summed E-state index contributed by atoms with van der Waals surface area (Å²) in [5.41, 5.74) is -3.61. The van der Waals surface area contributed by atoms with Gasteiger partial charge in [0.2, 0.25) is 0 Å². The monoisotopic (exact) mass is 502 g/mol. The Hall–Kier alpha value is -3.45. The number of benzene rings is 2. The van der Waals surface area contributed by atoms with Crippen LogP contribution in [0.5, 0.6) is 0 Å². The molecule has 2 atom stereocenters. The van der Waals surface area contributed by atoms with Crippen LogP contribution in [0.1, 0.15) is 35.6 Å². The number of hydrogen-bond acceptors (Lipinski definition) is 7. The minimum Gasteiger partial charge on any atom is -0.426 e. The molecule has 2 N–H and O–H groups in total. The second-order valence-corrected chi connectivity index (χ2v) is 10.3. The van der Waals surface area contributed by atoms with Crippen molar-refractivity contribution in [1.82, 2.24) is 0 Å². The number of Topliss-reactive ketones (excluding diaryl/α,β-unsaturated/α-hetero) is 1. The molecule has 2 aromatic rings. The Balaban J connectivity index is 2.34. The second-order valence-electron chi connectivity index (χ2n) is 8.37. The van der Waals surface area contributed by atoms with Gasteiger partial charge in [0.1, 0.15) is 16.5 Å². The minimum absolute atomic E-state index is 0.00537. The first-order valence-electron chi connectivity index (χ1n) is 10.1. The second kappa shape index (κ2) is 8.65. The Labute approximate surface area is 199 Å². The molecule has 0 aromatic heterocycles. The number of ketones is 1. The number of carbonyl (C=O) groups is 1. The van der Waals surface area contributed by atoms with Gasteiger partial charge in [0.05, 0.1) is 28.2 Å². The summed E-state index contributed by atoms with van der Waals surface area (Å²) >= 11 is 0. The average Bonchev–Trinajstić information content (AvgIpc) is 2.77. The summed E-state index contributed by atoms with van der Waals surface area (Å²) in [6, 6.07) is 10.8. The molecule has 12 heteroatoms. The van der Waals surface area contributed by atoms with Crippen molar-refractivity contribution in [2.75, 3.05) is 6.26 Å². The molecule has 180 valence electrons. The lowest BCUT2D eigenvalue weighted by molar-refractivity contribution is -0.137. The van der Waals surface area contributed by atoms with Crippen molar-refractivity contribution < 1.29 is 36.4 Å². The van der Waals surface area contributed by atoms with Crippen LogP contribution in [0.3, 0.4) is 0 Å². The van der Waals surface area contributed by atoms with Crippen LogP contribution in [0.4, 0.5) is 13.2 Å². The fourth-order valence-electron chi connectivity index (χ4n) is 4.55. The van der Waals surface area contributed by atoms with Crippen LogP contribution in [-0.4, -0.2) is 37.6 Å². The van der Waals surface area contributed by atoms with E-state index in [1.807, 2.05) is 6.07 Å². The van der Waals surface area contributed by atoms with E-state index in [-0.39, 0.29) is 27.2 Å². The Kier molecular flexibility index (Phi) is 6.46. The van der Waals surface area contributed by atoms with Crippen LogP contribution in [0.25, 0.3) is 0 Å². The summed E-state index contributed by atoms with van der Waals surface area (Å²) in [7, 11) is -6.44. The lowest BCUT2D eigenvalue weighted by atomic mass is 9.44. The molecule has 0 aliphatic heterocycles. The maximum Gasteiger partial charge on any atom is 0.475 e. The molecule has 0 saturated carbocycles. The van der Waals surface area contributed by atoms with E-state index in [2.05, 4.69) is 0 Å². The molecule has 0 fully saturated rings. The maximum atomic E-state index is 13.6. The van der Waals surface area contributed by atoms with Crippen LogP contribution in [0.15, 0.2) is 59.0 Å². The first kappa shape index (κ1) is 26.2. The van der Waals surface area contributed by atoms with Gasteiger partial charge in [-0.25, -0.2) is 8.42 Å². The van der Waals surface area contributed by atoms with E-state index < -0.39 is 51.6 Å². The van der Waals surface area contributed by atoms with E-state index in [0.717, 1.165) is 30.5 Å². The van der Waals surface area contributed by atoms with Gasteiger partial charge in [-0.2, -0.15) is 23.7 Å². The minimum atomic E-state index is -4.77. The SMILES string of the molecule is CC1=C[C@](C#N)(c2ccc(C#N)cc2S(C)(=O)=O)CC(=O)C1(B(O)O)c1cccc(C(F)(F)F)c1. The quantitative estimate of drug-likeness (QED) is 0.484. The molecule has 1 aliphatic carbocycles. The van der Waals surface area contributed by atoms with Crippen LogP contribution in [-0.2, 0) is 31.5 Å². The topological polar surface area (TPSA) is 139 Å². The fourth-order valence-corrected chi connectivity index (χ4v) is 5.54. The van der Waals surface area contributed by atoms with Crippen molar-refractivity contribution in [3.63, 3.8) is 0 Å². The van der Waals surface area contributed by atoms with Gasteiger partial charge < -0.3 is 10.0 Å². The largest absolute Gasteiger partial charge is 0.475 e. The van der Waals surface area contributed by atoms with Crippen LogP contribution < -0.4 is 0 Å². The normalized spacial score (nSPS) is 22.7. The highest BCUT2D eigenvalue weighted by Crippen LogP contribution is 2.48. The van der Waals surface area contributed by atoms with E-state index in [1.165, 1.54) is 25.1 Å². The third-order valence-electron chi connectivity index (χ3n) is 6.19. The molecule has 3 rings (SSSR count). The van der Waals surface area contributed by atoms with E-state index in [1.54, 1.807) is 6.07 Å². The number of sulfone groups is 1. The number of hydrogen-bond donors (Lipinski definition) is 2. The molecule has 1 unspecified atom stereocenters. The van der Waals surface area contributed by atoms with Gasteiger partial charge in [-0.3, -0.25) is 4.79 Å². The van der Waals surface area contributed by atoms with Crippen molar-refractivity contribution in [3.05, 3.63) is 76.4 Å². The van der Waals surface area contributed by atoms with Gasteiger partial charge >= 0.3 is 13.3 Å². The zero-order valence-electron chi connectivity index (χ0n) is 18.5. The average molecular weight is 502 g/mol. The third kappa shape index (κ3) is 4.25. The van der Waals surface area contributed by atoms with Crippen LogP contribution in [0, 0.1) is 22.7 Å². The zero-order valence-corrected chi connectivity index (χ0v) is 19.3. The molecular formula is C23H18BF3N2O5S. The Morgan fingerprint density at radius 1 is 1.11 bits per heavy atom. The van der Waals surface area contributed by atoms with Crippen molar-refractivity contribution in [2.45, 2.75) is 35.1 Å². The first-order valence-corrected chi connectivity index (χ1v) is 12.0. The Morgan fingerprint density at radius 3 is 2.26 bits per heavy atom. The molecule has 7 nitrogen and oxygen atoms in total. The van der Waals surface area contributed by atoms with Crippen LogP contribution in [0.2, 0.25) is 0 Å². The van der Waals surface area contributed by atoms with E-state index in [0.29, 0.717) is 6.07 Å². The van der Waals surface area contributed by atoms with Crippen molar-refractivity contribution >= 4 is 22.7 Å². The number of rotatable bonds is 4. The molecule has 0 amide bonds. The predicted octanol–water partition coefficient (Wildman–Crippen LogP) is 2.61. The summed E-state index contributed by atoms with van der Waals surface area (Å²) in [5, 5.41) is 37.5. The highest BCUT2D eigenvalue weighted by Gasteiger charge is 2.57. The van der Waals surface area contributed by atoms with Gasteiger partial charge in [-0.15, -0.1) is 0 Å². The fraction of sp³-hybridized carbons (Fsp3) is 0.261. The lowest BCUT2D eigenvalue weighted by Gasteiger charge is -2.41. The predicted molar refractivity (Wildman–Crippen MR) is 118 cm³/mol. The molecule has 35 heavy (non-hydrogen) atoms. The lowest BCUT2D eigenvalue weighted by Crippen LogP contribution is -2.55. The standard InChI is InChI=1S/C23H18BF3N2O5S/c1-14-10-21(13-29,18-7-6-15(12-28)8-19(18)35(2,33)34)11-20(30)22(14,24(31)32)16-4-3-5-17(9-16)23(25,26)27/h3-10,31-32H,11H2,1-2H3/t21-,22?/m0/s1. The summed E-state index contributed by atoms with van der Waals surface area (Å²) in [5.74, 6) is -0.989. The van der Waals surface area contributed by atoms with Gasteiger partial charge in [-0.1, -0.05) is 35.9 Å². The van der Waals surface area contributed by atoms with Gasteiger partial charge in [0.15, 0.2) is 9.84 Å². The Bertz CT molecular complexity index is 1440. The van der Waals surface area contributed by atoms with Crippen molar-refractivity contribution in [2.24, 2.45) is 0 Å². The highest BCUT2D eigenvalue weighted by molar-refractivity contribution is 7.90. The van der Waals surface area contributed by atoms with Crippen LogP contribution >= 0.6 is 0 Å². The smallest absolute Gasteiger partial charge is 0.426 e. The summed E-state index contributed by atoms with van der Waals surface area (Å²) < 4.78 is 64.9.